The number of hydrogen-bond acceptors (Lipinski definition) is 7. The summed E-state index contributed by atoms with van der Waals surface area (Å²) >= 11 is 0. The molecule has 0 unspecified atom stereocenters. The average Bonchev–Trinajstić information content (AvgIpc) is 2.73. The lowest BCUT2D eigenvalue weighted by Gasteiger charge is -2.37. The van der Waals surface area contributed by atoms with Crippen molar-refractivity contribution in [3.8, 4) is 11.3 Å². The minimum Gasteiger partial charge on any atom is -0.378 e. The zero-order chi connectivity index (χ0) is 19.5. The van der Waals surface area contributed by atoms with Gasteiger partial charge < -0.3 is 19.3 Å². The van der Waals surface area contributed by atoms with Crippen molar-refractivity contribution in [2.45, 2.75) is 26.1 Å². The zero-order valence-corrected chi connectivity index (χ0v) is 16.4. The molecule has 4 heterocycles. The molecule has 0 aliphatic carbocycles. The molecule has 0 bridgehead atoms. The van der Waals surface area contributed by atoms with E-state index in [1.165, 1.54) is 0 Å². The van der Waals surface area contributed by atoms with E-state index in [0.717, 1.165) is 68.4 Å². The van der Waals surface area contributed by atoms with E-state index in [1.54, 1.807) is 6.20 Å². The van der Waals surface area contributed by atoms with Crippen LogP contribution in [-0.4, -0.2) is 67.9 Å². The molecule has 0 radical (unpaired) electrons. The minimum atomic E-state index is 0.125. The lowest BCUT2D eigenvalue weighted by atomic mass is 10.1. The number of pyridine rings is 2. The summed E-state index contributed by atoms with van der Waals surface area (Å²) in [7, 11) is 0. The third kappa shape index (κ3) is 4.00. The molecule has 2 aliphatic rings. The van der Waals surface area contributed by atoms with E-state index < -0.39 is 0 Å². The van der Waals surface area contributed by atoms with Gasteiger partial charge in [0.2, 0.25) is 0 Å². The van der Waals surface area contributed by atoms with Crippen molar-refractivity contribution in [1.82, 2.24) is 9.97 Å². The third-order valence-corrected chi connectivity index (χ3v) is 5.18. The Hall–Kier alpha value is -2.51. The number of anilines is 2. The van der Waals surface area contributed by atoms with Crippen molar-refractivity contribution in [2.24, 2.45) is 0 Å². The highest BCUT2D eigenvalue weighted by Gasteiger charge is 2.24. The van der Waals surface area contributed by atoms with Crippen molar-refractivity contribution < 1.29 is 14.3 Å². The molecule has 2 fully saturated rings. The lowest BCUT2D eigenvalue weighted by Crippen LogP contribution is -2.45. The van der Waals surface area contributed by atoms with Crippen LogP contribution in [0.25, 0.3) is 11.3 Å². The van der Waals surface area contributed by atoms with Gasteiger partial charge in [-0.25, -0.2) is 4.98 Å². The Kier molecular flexibility index (Phi) is 5.54. The number of aldehydes is 1. The van der Waals surface area contributed by atoms with Gasteiger partial charge in [-0.15, -0.1) is 0 Å². The third-order valence-electron chi connectivity index (χ3n) is 5.18. The zero-order valence-electron chi connectivity index (χ0n) is 16.4. The van der Waals surface area contributed by atoms with Crippen LogP contribution < -0.4 is 9.80 Å². The van der Waals surface area contributed by atoms with Crippen LogP contribution in [0.2, 0.25) is 0 Å². The molecule has 148 valence electrons. The van der Waals surface area contributed by atoms with E-state index in [0.29, 0.717) is 5.56 Å². The average molecular weight is 382 g/mol. The summed E-state index contributed by atoms with van der Waals surface area (Å²) in [6.07, 6.45) is 4.76. The number of aromatic nitrogens is 2. The van der Waals surface area contributed by atoms with Gasteiger partial charge in [-0.05, 0) is 32.0 Å². The summed E-state index contributed by atoms with van der Waals surface area (Å²) in [6.45, 7) is 8.77. The maximum atomic E-state index is 11.8. The number of hydrogen-bond donors (Lipinski definition) is 0. The Morgan fingerprint density at radius 3 is 2.43 bits per heavy atom. The first kappa shape index (κ1) is 18.8. The Bertz CT molecular complexity index is 811. The van der Waals surface area contributed by atoms with Crippen molar-refractivity contribution in [3.05, 3.63) is 36.2 Å². The van der Waals surface area contributed by atoms with Gasteiger partial charge in [0.05, 0.1) is 43.0 Å². The molecule has 0 saturated carbocycles. The number of nitrogens with zero attached hydrogens (tertiary/aromatic N) is 4. The smallest absolute Gasteiger partial charge is 0.152 e. The van der Waals surface area contributed by atoms with Crippen LogP contribution in [0.3, 0.4) is 0 Å². The highest BCUT2D eigenvalue weighted by atomic mass is 16.5. The number of rotatable bonds is 4. The normalized spacial score (nSPS) is 22.9. The van der Waals surface area contributed by atoms with Gasteiger partial charge in [-0.1, -0.05) is 0 Å². The van der Waals surface area contributed by atoms with Crippen molar-refractivity contribution in [2.75, 3.05) is 49.2 Å². The van der Waals surface area contributed by atoms with E-state index in [1.807, 2.05) is 38.2 Å². The lowest BCUT2D eigenvalue weighted by molar-refractivity contribution is -0.00527. The second kappa shape index (κ2) is 8.24. The van der Waals surface area contributed by atoms with Crippen LogP contribution in [0, 0.1) is 0 Å². The predicted molar refractivity (Wildman–Crippen MR) is 108 cm³/mol. The first-order valence-corrected chi connectivity index (χ1v) is 9.79. The highest BCUT2D eigenvalue weighted by Crippen LogP contribution is 2.27. The molecule has 0 aromatic carbocycles. The molecular weight excluding hydrogens is 356 g/mol. The molecule has 7 nitrogen and oxygen atoms in total. The Balaban J connectivity index is 1.56. The van der Waals surface area contributed by atoms with E-state index in [9.17, 15) is 4.79 Å². The van der Waals surface area contributed by atoms with Gasteiger partial charge in [0.15, 0.2) is 6.29 Å². The molecule has 2 aromatic heterocycles. The van der Waals surface area contributed by atoms with Gasteiger partial charge in [-0.2, -0.15) is 0 Å². The molecule has 0 spiro atoms. The maximum absolute atomic E-state index is 11.8. The molecule has 0 amide bonds. The summed E-state index contributed by atoms with van der Waals surface area (Å²) < 4.78 is 11.2. The Morgan fingerprint density at radius 2 is 1.79 bits per heavy atom. The van der Waals surface area contributed by atoms with Crippen LogP contribution in [0.15, 0.2) is 30.6 Å². The fourth-order valence-electron chi connectivity index (χ4n) is 3.87. The topological polar surface area (TPSA) is 67.8 Å². The molecule has 4 rings (SSSR count). The van der Waals surface area contributed by atoms with Crippen LogP contribution in [-0.2, 0) is 9.47 Å². The summed E-state index contributed by atoms with van der Waals surface area (Å²) in [6, 6.07) is 5.86. The molecule has 0 N–H and O–H groups in total. The largest absolute Gasteiger partial charge is 0.378 e. The number of ether oxygens (including phenoxy) is 2. The van der Waals surface area contributed by atoms with Crippen LogP contribution in [0.4, 0.5) is 11.5 Å². The van der Waals surface area contributed by atoms with Crippen LogP contribution in [0.5, 0.6) is 0 Å². The number of carbonyl (C=O) groups is 1. The van der Waals surface area contributed by atoms with Gasteiger partial charge in [0.1, 0.15) is 5.82 Å². The van der Waals surface area contributed by atoms with Gasteiger partial charge >= 0.3 is 0 Å². The quantitative estimate of drug-likeness (QED) is 0.752. The Morgan fingerprint density at radius 1 is 1.04 bits per heavy atom. The molecule has 2 aromatic rings. The van der Waals surface area contributed by atoms with E-state index in [2.05, 4.69) is 19.8 Å². The summed E-state index contributed by atoms with van der Waals surface area (Å²) in [4.78, 5) is 25.3. The van der Waals surface area contributed by atoms with Crippen molar-refractivity contribution >= 4 is 17.8 Å². The molecule has 28 heavy (non-hydrogen) atoms. The molecule has 7 heteroatoms. The molecule has 2 saturated heterocycles. The standard InChI is InChI=1S/C21H26N4O3/c1-15-12-25(13-16(2)28-15)20-11-22-19(9-18(20)14-26)17-3-4-21(23-10-17)24-5-7-27-8-6-24/h3-4,9-11,14-16H,5-8,12-13H2,1-2H3/t15-,16+. The second-order valence-electron chi connectivity index (χ2n) is 7.41. The summed E-state index contributed by atoms with van der Waals surface area (Å²) in [5, 5.41) is 0. The molecular formula is C21H26N4O3. The van der Waals surface area contributed by atoms with E-state index >= 15 is 0 Å². The SMILES string of the molecule is C[C@@H]1CN(c2cnc(-c3ccc(N4CCOCC4)nc3)cc2C=O)C[C@H](C)O1. The first-order chi connectivity index (χ1) is 13.6. The van der Waals surface area contributed by atoms with Gasteiger partial charge in [-0.3, -0.25) is 9.78 Å². The fourth-order valence-corrected chi connectivity index (χ4v) is 3.87. The second-order valence-corrected chi connectivity index (χ2v) is 7.41. The van der Waals surface area contributed by atoms with Crippen molar-refractivity contribution in [3.63, 3.8) is 0 Å². The Labute approximate surface area is 165 Å². The van der Waals surface area contributed by atoms with Gasteiger partial charge in [0, 0.05) is 43.5 Å². The van der Waals surface area contributed by atoms with E-state index in [4.69, 9.17) is 9.47 Å². The monoisotopic (exact) mass is 382 g/mol. The molecule has 2 atom stereocenters. The number of carbonyl (C=O) groups excluding carboxylic acids is 1. The predicted octanol–water partition coefficient (Wildman–Crippen LogP) is 2.41. The first-order valence-electron chi connectivity index (χ1n) is 9.79. The molecule has 2 aliphatic heterocycles. The maximum Gasteiger partial charge on any atom is 0.152 e. The van der Waals surface area contributed by atoms with Crippen molar-refractivity contribution in [1.29, 1.82) is 0 Å². The highest BCUT2D eigenvalue weighted by molar-refractivity contribution is 5.86. The van der Waals surface area contributed by atoms with Gasteiger partial charge in [0.25, 0.3) is 0 Å². The van der Waals surface area contributed by atoms with E-state index in [-0.39, 0.29) is 12.2 Å². The minimum absolute atomic E-state index is 0.125. The number of morpholine rings is 2. The van der Waals surface area contributed by atoms with Crippen LogP contribution >= 0.6 is 0 Å². The summed E-state index contributed by atoms with van der Waals surface area (Å²) in [5.74, 6) is 0.940. The summed E-state index contributed by atoms with van der Waals surface area (Å²) in [5.41, 5.74) is 3.15. The fraction of sp³-hybridized carbons (Fsp3) is 0.476. The van der Waals surface area contributed by atoms with Crippen LogP contribution in [0.1, 0.15) is 24.2 Å².